The van der Waals surface area contributed by atoms with Crippen LogP contribution in [0.25, 0.3) is 5.76 Å². The molecule has 0 saturated carbocycles. The summed E-state index contributed by atoms with van der Waals surface area (Å²) in [7, 11) is 0. The Morgan fingerprint density at radius 2 is 1.70 bits per heavy atom. The first-order valence-corrected chi connectivity index (χ1v) is 14.5. The van der Waals surface area contributed by atoms with E-state index < -0.39 is 17.7 Å². The van der Waals surface area contributed by atoms with E-state index in [1.54, 1.807) is 17.0 Å². The molecule has 0 spiro atoms. The Hall–Kier alpha value is -3.36. The first kappa shape index (κ1) is 29.6. The van der Waals surface area contributed by atoms with Gasteiger partial charge in [0.25, 0.3) is 11.7 Å². The molecule has 2 heterocycles. The fourth-order valence-electron chi connectivity index (χ4n) is 5.23. The Balaban J connectivity index is 1.68. The molecule has 2 aromatic rings. The highest BCUT2D eigenvalue weighted by Gasteiger charge is 2.46. The van der Waals surface area contributed by atoms with Crippen molar-refractivity contribution in [1.82, 2.24) is 9.80 Å². The third kappa shape index (κ3) is 7.04. The van der Waals surface area contributed by atoms with E-state index in [4.69, 9.17) is 14.2 Å². The zero-order valence-corrected chi connectivity index (χ0v) is 24.0. The standard InChI is InChI=1S/C32H42N2O6/c1-4-6-7-19-40-26-14-13-25(22-27(26)39-5-2)29-28(30(35)24-11-9-23(3)10-12-24)31(36)32(37)34(29)16-8-15-33-17-20-38-21-18-33/h9-14,22,29,35H,4-8,15-21H2,1-3H3/b30-28+. The smallest absolute Gasteiger partial charge is 0.295 e. The predicted molar refractivity (Wildman–Crippen MR) is 155 cm³/mol. The van der Waals surface area contributed by atoms with Gasteiger partial charge in [-0.15, -0.1) is 0 Å². The summed E-state index contributed by atoms with van der Waals surface area (Å²) >= 11 is 0. The molecule has 1 atom stereocenters. The van der Waals surface area contributed by atoms with Crippen molar-refractivity contribution in [1.29, 1.82) is 0 Å². The minimum Gasteiger partial charge on any atom is -0.507 e. The average Bonchev–Trinajstić information content (AvgIpc) is 3.22. The van der Waals surface area contributed by atoms with Gasteiger partial charge in [-0.3, -0.25) is 14.5 Å². The summed E-state index contributed by atoms with van der Waals surface area (Å²) < 4.78 is 17.4. The van der Waals surface area contributed by atoms with Crippen LogP contribution in [0.5, 0.6) is 11.5 Å². The van der Waals surface area contributed by atoms with Crippen LogP contribution >= 0.6 is 0 Å². The van der Waals surface area contributed by atoms with Crippen molar-refractivity contribution < 1.29 is 28.9 Å². The van der Waals surface area contributed by atoms with E-state index in [9.17, 15) is 14.7 Å². The lowest BCUT2D eigenvalue weighted by Crippen LogP contribution is -2.39. The fourth-order valence-corrected chi connectivity index (χ4v) is 5.23. The maximum atomic E-state index is 13.4. The van der Waals surface area contributed by atoms with Gasteiger partial charge in [0.2, 0.25) is 0 Å². The van der Waals surface area contributed by atoms with Gasteiger partial charge in [-0.2, -0.15) is 0 Å². The molecule has 2 saturated heterocycles. The SMILES string of the molecule is CCCCCOc1ccc(C2/C(=C(\O)c3ccc(C)cc3)C(=O)C(=O)N2CCCN2CCOCC2)cc1OCC. The summed E-state index contributed by atoms with van der Waals surface area (Å²) in [5.74, 6) is -0.252. The number of Topliss-reactive ketones (excluding diaryl/α,β-unsaturated/α-hetero) is 1. The molecule has 2 fully saturated rings. The maximum absolute atomic E-state index is 13.4. The fraction of sp³-hybridized carbons (Fsp3) is 0.500. The average molecular weight is 551 g/mol. The van der Waals surface area contributed by atoms with Crippen LogP contribution in [-0.4, -0.2) is 79.2 Å². The highest BCUT2D eigenvalue weighted by molar-refractivity contribution is 6.46. The first-order chi connectivity index (χ1) is 19.4. The summed E-state index contributed by atoms with van der Waals surface area (Å²) in [5.41, 5.74) is 2.33. The third-order valence-corrected chi connectivity index (χ3v) is 7.43. The van der Waals surface area contributed by atoms with Gasteiger partial charge >= 0.3 is 0 Å². The number of morpholine rings is 1. The minimum absolute atomic E-state index is 0.0966. The summed E-state index contributed by atoms with van der Waals surface area (Å²) in [4.78, 5) is 30.7. The number of hydrogen-bond acceptors (Lipinski definition) is 7. The molecular weight excluding hydrogens is 508 g/mol. The van der Waals surface area contributed by atoms with Crippen molar-refractivity contribution in [2.75, 3.05) is 52.6 Å². The molecule has 0 aromatic heterocycles. The van der Waals surface area contributed by atoms with Gasteiger partial charge in [0, 0.05) is 31.7 Å². The van der Waals surface area contributed by atoms with Crippen molar-refractivity contribution >= 4 is 17.4 Å². The number of ketones is 1. The molecule has 4 rings (SSSR count). The van der Waals surface area contributed by atoms with Gasteiger partial charge in [0.1, 0.15) is 5.76 Å². The number of benzene rings is 2. The Morgan fingerprint density at radius 3 is 2.40 bits per heavy atom. The van der Waals surface area contributed by atoms with E-state index in [-0.39, 0.29) is 11.3 Å². The topological polar surface area (TPSA) is 88.5 Å². The molecule has 0 bridgehead atoms. The Bertz CT molecular complexity index is 1190. The number of hydrogen-bond donors (Lipinski definition) is 1. The number of ether oxygens (including phenoxy) is 3. The number of aryl methyl sites for hydroxylation is 1. The molecule has 2 aliphatic rings. The highest BCUT2D eigenvalue weighted by atomic mass is 16.5. The zero-order chi connectivity index (χ0) is 28.5. The summed E-state index contributed by atoms with van der Waals surface area (Å²) in [5, 5.41) is 11.4. The van der Waals surface area contributed by atoms with E-state index in [0.717, 1.165) is 44.5 Å². The summed E-state index contributed by atoms with van der Waals surface area (Å²) in [6.45, 7) is 11.3. The van der Waals surface area contributed by atoms with Gasteiger partial charge in [0.15, 0.2) is 11.5 Å². The van der Waals surface area contributed by atoms with Crippen LogP contribution in [0.4, 0.5) is 0 Å². The number of carbonyl (C=O) groups is 2. The number of carbonyl (C=O) groups excluding carboxylic acids is 2. The quantitative estimate of drug-likeness (QED) is 0.161. The molecular formula is C32H42N2O6. The number of aliphatic hydroxyl groups is 1. The van der Waals surface area contributed by atoms with Gasteiger partial charge in [-0.25, -0.2) is 0 Å². The van der Waals surface area contributed by atoms with Crippen molar-refractivity contribution in [2.24, 2.45) is 0 Å². The second kappa shape index (κ2) is 14.3. The van der Waals surface area contributed by atoms with Crippen molar-refractivity contribution in [3.05, 3.63) is 64.7 Å². The Morgan fingerprint density at radius 1 is 0.950 bits per heavy atom. The highest BCUT2D eigenvalue weighted by Crippen LogP contribution is 2.42. The summed E-state index contributed by atoms with van der Waals surface area (Å²) in [6, 6.07) is 12.1. The number of aliphatic hydroxyl groups excluding tert-OH is 1. The minimum atomic E-state index is -0.737. The Labute approximate surface area is 237 Å². The van der Waals surface area contributed by atoms with Crippen LogP contribution in [0, 0.1) is 6.92 Å². The summed E-state index contributed by atoms with van der Waals surface area (Å²) in [6.07, 6.45) is 3.83. The van der Waals surface area contributed by atoms with E-state index in [2.05, 4.69) is 11.8 Å². The second-order valence-electron chi connectivity index (χ2n) is 10.4. The van der Waals surface area contributed by atoms with Crippen molar-refractivity contribution in [3.63, 3.8) is 0 Å². The number of unbranched alkanes of at least 4 members (excludes halogenated alkanes) is 2. The van der Waals surface area contributed by atoms with E-state index in [1.807, 2.05) is 44.2 Å². The van der Waals surface area contributed by atoms with Crippen molar-refractivity contribution in [3.8, 4) is 11.5 Å². The van der Waals surface area contributed by atoms with Crippen LogP contribution in [0.3, 0.4) is 0 Å². The number of nitrogens with zero attached hydrogens (tertiary/aromatic N) is 2. The molecule has 0 aliphatic carbocycles. The van der Waals surface area contributed by atoms with Crippen LogP contribution in [0.1, 0.15) is 62.3 Å². The first-order valence-electron chi connectivity index (χ1n) is 14.5. The molecule has 8 heteroatoms. The molecule has 40 heavy (non-hydrogen) atoms. The predicted octanol–water partition coefficient (Wildman–Crippen LogP) is 5.11. The van der Waals surface area contributed by atoms with Crippen LogP contribution in [0.15, 0.2) is 48.0 Å². The maximum Gasteiger partial charge on any atom is 0.295 e. The molecule has 2 aliphatic heterocycles. The lowest BCUT2D eigenvalue weighted by atomic mass is 9.94. The van der Waals surface area contributed by atoms with Crippen LogP contribution in [0.2, 0.25) is 0 Å². The molecule has 8 nitrogen and oxygen atoms in total. The zero-order valence-electron chi connectivity index (χ0n) is 24.0. The Kier molecular flexibility index (Phi) is 10.6. The van der Waals surface area contributed by atoms with Crippen molar-refractivity contribution in [2.45, 2.75) is 52.5 Å². The molecule has 216 valence electrons. The molecule has 1 N–H and O–H groups in total. The second-order valence-corrected chi connectivity index (χ2v) is 10.4. The molecule has 1 unspecified atom stereocenters. The van der Waals surface area contributed by atoms with Gasteiger partial charge < -0.3 is 24.2 Å². The van der Waals surface area contributed by atoms with Crippen LogP contribution < -0.4 is 9.47 Å². The van der Waals surface area contributed by atoms with Gasteiger partial charge in [0.05, 0.1) is 38.0 Å². The van der Waals surface area contributed by atoms with Crippen LogP contribution in [-0.2, 0) is 14.3 Å². The van der Waals surface area contributed by atoms with E-state index in [0.29, 0.717) is 62.0 Å². The van der Waals surface area contributed by atoms with Gasteiger partial charge in [-0.05, 0) is 44.4 Å². The molecule has 0 radical (unpaired) electrons. The monoisotopic (exact) mass is 550 g/mol. The molecule has 2 aromatic carbocycles. The van der Waals surface area contributed by atoms with E-state index in [1.165, 1.54) is 0 Å². The third-order valence-electron chi connectivity index (χ3n) is 7.43. The van der Waals surface area contributed by atoms with Gasteiger partial charge in [-0.1, -0.05) is 55.7 Å². The largest absolute Gasteiger partial charge is 0.507 e. The number of amides is 1. The lowest BCUT2D eigenvalue weighted by Gasteiger charge is -2.29. The lowest BCUT2D eigenvalue weighted by molar-refractivity contribution is -0.140. The molecule has 1 amide bonds. The number of rotatable bonds is 13. The van der Waals surface area contributed by atoms with E-state index >= 15 is 0 Å². The number of likely N-dealkylation sites (tertiary alicyclic amines) is 1. The normalized spacial score (nSPS) is 19.3.